The molecule has 2 heterocycles. The summed E-state index contributed by atoms with van der Waals surface area (Å²) in [4.78, 5) is 45.0. The van der Waals surface area contributed by atoms with Gasteiger partial charge in [-0.25, -0.2) is 9.37 Å². The van der Waals surface area contributed by atoms with Gasteiger partial charge >= 0.3 is 0 Å². The Morgan fingerprint density at radius 1 is 1.00 bits per heavy atom. The Labute approximate surface area is 191 Å². The Balaban J connectivity index is 1.51. The van der Waals surface area contributed by atoms with E-state index in [0.717, 1.165) is 5.56 Å². The number of likely N-dealkylation sites (tertiary alicyclic amines) is 1. The summed E-state index contributed by atoms with van der Waals surface area (Å²) in [5, 5.41) is 2.86. The molecule has 168 valence electrons. The minimum atomic E-state index is -0.436. The van der Waals surface area contributed by atoms with Crippen LogP contribution in [-0.4, -0.2) is 40.6 Å². The normalized spacial score (nSPS) is 15.7. The van der Waals surface area contributed by atoms with Gasteiger partial charge in [0.2, 0.25) is 5.91 Å². The molecule has 33 heavy (non-hydrogen) atoms. The highest BCUT2D eigenvalue weighted by Gasteiger charge is 2.31. The van der Waals surface area contributed by atoms with Crippen molar-refractivity contribution in [1.29, 1.82) is 0 Å². The lowest BCUT2D eigenvalue weighted by Gasteiger charge is -2.32. The number of carbonyl (C=O) groups excluding carboxylic acids is 3. The van der Waals surface area contributed by atoms with Crippen LogP contribution in [0.2, 0.25) is 0 Å². The molecule has 1 fully saturated rings. The summed E-state index contributed by atoms with van der Waals surface area (Å²) in [6, 6.07) is 15.5. The zero-order chi connectivity index (χ0) is 23.4. The fraction of sp³-hybridized carbons (Fsp3) is 0.231. The molecule has 0 saturated carbocycles. The first kappa shape index (κ1) is 22.3. The Morgan fingerprint density at radius 2 is 1.73 bits per heavy atom. The lowest BCUT2D eigenvalue weighted by atomic mass is 9.94. The van der Waals surface area contributed by atoms with Crippen molar-refractivity contribution < 1.29 is 18.8 Å². The second-order valence-electron chi connectivity index (χ2n) is 8.13. The summed E-state index contributed by atoms with van der Waals surface area (Å²) in [6.45, 7) is 2.63. The van der Waals surface area contributed by atoms with Gasteiger partial charge in [-0.2, -0.15) is 0 Å². The van der Waals surface area contributed by atoms with Crippen molar-refractivity contribution in [2.75, 3.05) is 18.4 Å². The number of halogens is 1. The highest BCUT2D eigenvalue weighted by molar-refractivity contribution is 6.15. The quantitative estimate of drug-likeness (QED) is 0.596. The standard InChI is InChI=1S/C26H24FN3O3/c1-17-6-4-14-28-24(17)29-25(32)19-7-5-15-30(16-19)26(33)22-9-3-2-8-21(22)23(31)18-10-12-20(27)13-11-18/h2-4,6,8-14,19H,5,7,15-16H2,1H3,(H,28,29,32). The maximum Gasteiger partial charge on any atom is 0.254 e. The van der Waals surface area contributed by atoms with Gasteiger partial charge in [0, 0.05) is 30.4 Å². The van der Waals surface area contributed by atoms with Crippen LogP contribution in [0, 0.1) is 18.7 Å². The number of pyridine rings is 1. The van der Waals surface area contributed by atoms with Crippen LogP contribution >= 0.6 is 0 Å². The van der Waals surface area contributed by atoms with Crippen molar-refractivity contribution in [1.82, 2.24) is 9.88 Å². The number of hydrogen-bond donors (Lipinski definition) is 1. The summed E-state index contributed by atoms with van der Waals surface area (Å²) in [6.07, 6.45) is 2.96. The number of ketones is 1. The molecule has 1 atom stereocenters. The van der Waals surface area contributed by atoms with E-state index in [1.807, 2.05) is 13.0 Å². The van der Waals surface area contributed by atoms with Crippen LogP contribution in [0.5, 0.6) is 0 Å². The molecule has 1 aliphatic rings. The van der Waals surface area contributed by atoms with Gasteiger partial charge in [0.1, 0.15) is 11.6 Å². The molecule has 1 aliphatic heterocycles. The number of benzene rings is 2. The molecule has 1 unspecified atom stereocenters. The van der Waals surface area contributed by atoms with Crippen molar-refractivity contribution in [2.45, 2.75) is 19.8 Å². The van der Waals surface area contributed by atoms with Gasteiger partial charge in [-0.3, -0.25) is 14.4 Å². The Bertz CT molecular complexity index is 1190. The van der Waals surface area contributed by atoms with Gasteiger partial charge in [-0.1, -0.05) is 24.3 Å². The van der Waals surface area contributed by atoms with E-state index in [9.17, 15) is 18.8 Å². The van der Waals surface area contributed by atoms with Gasteiger partial charge < -0.3 is 10.2 Å². The number of amides is 2. The predicted octanol–water partition coefficient (Wildman–Crippen LogP) is 4.25. The van der Waals surface area contributed by atoms with Crippen LogP contribution in [0.15, 0.2) is 66.9 Å². The Morgan fingerprint density at radius 3 is 2.45 bits per heavy atom. The molecular weight excluding hydrogens is 421 g/mol. The van der Waals surface area contributed by atoms with Crippen molar-refractivity contribution in [3.8, 4) is 0 Å². The molecule has 4 rings (SSSR count). The van der Waals surface area contributed by atoms with Crippen molar-refractivity contribution in [3.63, 3.8) is 0 Å². The van der Waals surface area contributed by atoms with E-state index in [1.54, 1.807) is 41.4 Å². The topological polar surface area (TPSA) is 79.4 Å². The zero-order valence-electron chi connectivity index (χ0n) is 18.3. The van der Waals surface area contributed by atoms with Gasteiger partial charge in [0.25, 0.3) is 5.91 Å². The molecule has 6 nitrogen and oxygen atoms in total. The SMILES string of the molecule is Cc1cccnc1NC(=O)C1CCCN(C(=O)c2ccccc2C(=O)c2ccc(F)cc2)C1. The second-order valence-corrected chi connectivity index (χ2v) is 8.13. The summed E-state index contributed by atoms with van der Waals surface area (Å²) >= 11 is 0. The van der Waals surface area contributed by atoms with E-state index in [2.05, 4.69) is 10.3 Å². The number of rotatable bonds is 5. The summed E-state index contributed by atoms with van der Waals surface area (Å²) in [7, 11) is 0. The van der Waals surface area contributed by atoms with Gasteiger partial charge in [-0.15, -0.1) is 0 Å². The third-order valence-electron chi connectivity index (χ3n) is 5.84. The summed E-state index contributed by atoms with van der Waals surface area (Å²) < 4.78 is 13.3. The lowest BCUT2D eigenvalue weighted by Crippen LogP contribution is -2.44. The van der Waals surface area contributed by atoms with E-state index >= 15 is 0 Å². The molecule has 0 aliphatic carbocycles. The summed E-state index contributed by atoms with van der Waals surface area (Å²) in [5.74, 6) is -1.12. The fourth-order valence-corrected chi connectivity index (χ4v) is 4.01. The lowest BCUT2D eigenvalue weighted by molar-refractivity contribution is -0.121. The largest absolute Gasteiger partial charge is 0.338 e. The molecule has 3 aromatic rings. The molecule has 0 spiro atoms. The van der Waals surface area contributed by atoms with Crippen molar-refractivity contribution in [2.24, 2.45) is 5.92 Å². The van der Waals surface area contributed by atoms with Gasteiger partial charge in [-0.05, 0) is 61.7 Å². The first-order chi connectivity index (χ1) is 15.9. The van der Waals surface area contributed by atoms with E-state index in [-0.39, 0.29) is 41.2 Å². The van der Waals surface area contributed by atoms with Crippen LogP contribution in [0.3, 0.4) is 0 Å². The first-order valence-electron chi connectivity index (χ1n) is 10.8. The number of aromatic nitrogens is 1. The maximum absolute atomic E-state index is 13.4. The number of hydrogen-bond acceptors (Lipinski definition) is 4. The minimum Gasteiger partial charge on any atom is -0.338 e. The summed E-state index contributed by atoms with van der Waals surface area (Å²) in [5.41, 5.74) is 1.69. The van der Waals surface area contributed by atoms with E-state index in [1.165, 1.54) is 24.3 Å². The van der Waals surface area contributed by atoms with Gasteiger partial charge in [0.05, 0.1) is 11.5 Å². The maximum atomic E-state index is 13.4. The molecule has 1 saturated heterocycles. The molecular formula is C26H24FN3O3. The van der Waals surface area contributed by atoms with Crippen LogP contribution < -0.4 is 5.32 Å². The fourth-order valence-electron chi connectivity index (χ4n) is 4.01. The Kier molecular flexibility index (Phi) is 6.58. The van der Waals surface area contributed by atoms with Crippen molar-refractivity contribution in [3.05, 3.63) is 94.9 Å². The van der Waals surface area contributed by atoms with E-state index < -0.39 is 5.82 Å². The average Bonchev–Trinajstić information content (AvgIpc) is 2.85. The molecule has 2 aromatic carbocycles. The highest BCUT2D eigenvalue weighted by Crippen LogP contribution is 2.23. The number of nitrogens with zero attached hydrogens (tertiary/aromatic N) is 2. The van der Waals surface area contributed by atoms with E-state index in [0.29, 0.717) is 30.8 Å². The third-order valence-corrected chi connectivity index (χ3v) is 5.84. The molecule has 1 N–H and O–H groups in total. The number of aryl methyl sites for hydroxylation is 1. The molecule has 7 heteroatoms. The van der Waals surface area contributed by atoms with Crippen LogP contribution in [0.25, 0.3) is 0 Å². The molecule has 0 bridgehead atoms. The monoisotopic (exact) mass is 445 g/mol. The number of anilines is 1. The number of carbonyl (C=O) groups is 3. The van der Waals surface area contributed by atoms with Crippen LogP contribution in [0.1, 0.15) is 44.7 Å². The molecule has 0 radical (unpaired) electrons. The van der Waals surface area contributed by atoms with E-state index in [4.69, 9.17) is 0 Å². The second kappa shape index (κ2) is 9.73. The zero-order valence-corrected chi connectivity index (χ0v) is 18.3. The predicted molar refractivity (Wildman–Crippen MR) is 123 cm³/mol. The number of nitrogens with one attached hydrogen (secondary N) is 1. The minimum absolute atomic E-state index is 0.176. The highest BCUT2D eigenvalue weighted by atomic mass is 19.1. The third kappa shape index (κ3) is 4.98. The molecule has 2 amide bonds. The average molecular weight is 445 g/mol. The van der Waals surface area contributed by atoms with Crippen LogP contribution in [-0.2, 0) is 4.79 Å². The smallest absolute Gasteiger partial charge is 0.254 e. The number of piperidine rings is 1. The van der Waals surface area contributed by atoms with Gasteiger partial charge in [0.15, 0.2) is 5.78 Å². The van der Waals surface area contributed by atoms with Crippen molar-refractivity contribution >= 4 is 23.4 Å². The Hall–Kier alpha value is -3.87. The molecule has 1 aromatic heterocycles. The van der Waals surface area contributed by atoms with Crippen LogP contribution in [0.4, 0.5) is 10.2 Å². The first-order valence-corrected chi connectivity index (χ1v) is 10.8.